The van der Waals surface area contributed by atoms with E-state index in [4.69, 9.17) is 5.73 Å². The molecule has 0 aromatic carbocycles. The lowest BCUT2D eigenvalue weighted by Crippen LogP contribution is -2.49. The number of nitrogens with two attached hydrogens (primary N) is 1. The van der Waals surface area contributed by atoms with E-state index in [1.807, 2.05) is 0 Å². The lowest BCUT2D eigenvalue weighted by Gasteiger charge is -2.28. The van der Waals surface area contributed by atoms with Gasteiger partial charge in [0, 0.05) is 13.6 Å². The molecule has 0 aliphatic rings. The Morgan fingerprint density at radius 2 is 2.07 bits per heavy atom. The maximum absolute atomic E-state index is 12.6. The Bertz CT molecular complexity index is 346. The third kappa shape index (κ3) is 1.86. The molecule has 1 rings (SSSR count). The zero-order valence-electron chi connectivity index (χ0n) is 7.59. The van der Waals surface area contributed by atoms with Crippen molar-refractivity contribution in [3.05, 3.63) is 10.3 Å². The zero-order chi connectivity index (χ0) is 11.9. The SMILES string of the molecule is Cn1nnc(Br)c1C(O)(CN)C(F)(F)F. The van der Waals surface area contributed by atoms with Crippen molar-refractivity contribution in [3.63, 3.8) is 0 Å². The molecular formula is C6H8BrF3N4O. The first-order valence-electron chi connectivity index (χ1n) is 3.79. The van der Waals surface area contributed by atoms with Gasteiger partial charge in [0.05, 0.1) is 0 Å². The second-order valence-electron chi connectivity index (χ2n) is 2.91. The Balaban J connectivity index is 3.36. The standard InChI is InChI=1S/C6H8BrF3N4O/c1-14-3(4(7)12-13-14)5(15,2-11)6(8,9)10/h15H,2,11H2,1H3. The highest BCUT2D eigenvalue weighted by atomic mass is 79.9. The Hall–Kier alpha value is -0.670. The highest BCUT2D eigenvalue weighted by Gasteiger charge is 2.57. The first-order chi connectivity index (χ1) is 6.74. The van der Waals surface area contributed by atoms with Crippen molar-refractivity contribution in [2.75, 3.05) is 6.54 Å². The van der Waals surface area contributed by atoms with Crippen LogP contribution in [0.2, 0.25) is 0 Å². The number of alkyl halides is 3. The van der Waals surface area contributed by atoms with Crippen molar-refractivity contribution < 1.29 is 18.3 Å². The van der Waals surface area contributed by atoms with Crippen LogP contribution in [0, 0.1) is 0 Å². The number of aromatic nitrogens is 3. The summed E-state index contributed by atoms with van der Waals surface area (Å²) in [5, 5.41) is 16.2. The molecule has 0 aliphatic carbocycles. The summed E-state index contributed by atoms with van der Waals surface area (Å²) in [4.78, 5) is 0. The molecule has 86 valence electrons. The van der Waals surface area contributed by atoms with Gasteiger partial charge in [0.1, 0.15) is 5.69 Å². The van der Waals surface area contributed by atoms with Crippen molar-refractivity contribution >= 4 is 15.9 Å². The number of nitrogens with zero attached hydrogens (tertiary/aromatic N) is 3. The fourth-order valence-corrected chi connectivity index (χ4v) is 1.77. The number of rotatable bonds is 2. The van der Waals surface area contributed by atoms with Gasteiger partial charge in [-0.05, 0) is 15.9 Å². The summed E-state index contributed by atoms with van der Waals surface area (Å²) < 4.78 is 38.5. The van der Waals surface area contributed by atoms with E-state index in [0.717, 1.165) is 4.68 Å². The van der Waals surface area contributed by atoms with E-state index in [1.54, 1.807) is 0 Å². The number of hydrogen-bond acceptors (Lipinski definition) is 4. The zero-order valence-corrected chi connectivity index (χ0v) is 9.17. The van der Waals surface area contributed by atoms with Crippen LogP contribution in [0.15, 0.2) is 4.60 Å². The van der Waals surface area contributed by atoms with Crippen LogP contribution in [0.3, 0.4) is 0 Å². The molecule has 3 N–H and O–H groups in total. The smallest absolute Gasteiger partial charge is 0.374 e. The lowest BCUT2D eigenvalue weighted by atomic mass is 10.00. The molecule has 1 atom stereocenters. The van der Waals surface area contributed by atoms with Gasteiger partial charge in [-0.25, -0.2) is 4.68 Å². The van der Waals surface area contributed by atoms with Gasteiger partial charge in [0.2, 0.25) is 5.60 Å². The van der Waals surface area contributed by atoms with Crippen molar-refractivity contribution in [1.82, 2.24) is 15.0 Å². The summed E-state index contributed by atoms with van der Waals surface area (Å²) in [6.07, 6.45) is -4.89. The lowest BCUT2D eigenvalue weighted by molar-refractivity contribution is -0.264. The topological polar surface area (TPSA) is 77.0 Å². The van der Waals surface area contributed by atoms with Gasteiger partial charge in [0.25, 0.3) is 0 Å². The summed E-state index contributed by atoms with van der Waals surface area (Å²) in [7, 11) is 1.24. The van der Waals surface area contributed by atoms with Crippen LogP contribution < -0.4 is 5.73 Å². The maximum atomic E-state index is 12.6. The molecule has 1 aromatic rings. The molecule has 1 unspecified atom stereocenters. The second kappa shape index (κ2) is 3.72. The molecule has 0 radical (unpaired) electrons. The highest BCUT2D eigenvalue weighted by molar-refractivity contribution is 9.10. The minimum Gasteiger partial charge on any atom is -0.374 e. The van der Waals surface area contributed by atoms with Gasteiger partial charge in [-0.1, -0.05) is 5.21 Å². The van der Waals surface area contributed by atoms with Crippen molar-refractivity contribution in [3.8, 4) is 0 Å². The summed E-state index contributed by atoms with van der Waals surface area (Å²) in [6.45, 7) is -1.00. The van der Waals surface area contributed by atoms with Crippen LogP contribution in [0.25, 0.3) is 0 Å². The van der Waals surface area contributed by atoms with Gasteiger partial charge in [-0.15, -0.1) is 5.10 Å². The molecule has 0 spiro atoms. The van der Waals surface area contributed by atoms with E-state index in [1.165, 1.54) is 7.05 Å². The molecule has 0 aliphatic heterocycles. The summed E-state index contributed by atoms with van der Waals surface area (Å²) in [5.74, 6) is 0. The molecule has 0 bridgehead atoms. The van der Waals surface area contributed by atoms with Gasteiger partial charge < -0.3 is 10.8 Å². The molecule has 0 saturated heterocycles. The average Bonchev–Trinajstić information content (AvgIpc) is 2.43. The molecule has 1 heterocycles. The van der Waals surface area contributed by atoms with Crippen molar-refractivity contribution in [1.29, 1.82) is 0 Å². The summed E-state index contributed by atoms with van der Waals surface area (Å²) in [6, 6.07) is 0. The molecule has 0 saturated carbocycles. The molecular weight excluding hydrogens is 281 g/mol. The van der Waals surface area contributed by atoms with E-state index >= 15 is 0 Å². The molecule has 0 fully saturated rings. The Labute approximate surface area is 91.2 Å². The van der Waals surface area contributed by atoms with E-state index in [-0.39, 0.29) is 4.60 Å². The van der Waals surface area contributed by atoms with Crippen LogP contribution >= 0.6 is 15.9 Å². The second-order valence-corrected chi connectivity index (χ2v) is 3.67. The Kier molecular flexibility index (Phi) is 3.08. The van der Waals surface area contributed by atoms with Gasteiger partial charge in [-0.3, -0.25) is 0 Å². The predicted molar refractivity (Wildman–Crippen MR) is 47.7 cm³/mol. The monoisotopic (exact) mass is 288 g/mol. The van der Waals surface area contributed by atoms with E-state index in [9.17, 15) is 18.3 Å². The molecule has 15 heavy (non-hydrogen) atoms. The minimum absolute atomic E-state index is 0.185. The molecule has 0 amide bonds. The van der Waals surface area contributed by atoms with Gasteiger partial charge in [0.15, 0.2) is 4.60 Å². The average molecular weight is 289 g/mol. The number of hydrogen-bond donors (Lipinski definition) is 2. The largest absolute Gasteiger partial charge is 0.424 e. The number of halogens is 4. The molecule has 1 aromatic heterocycles. The fourth-order valence-electron chi connectivity index (χ4n) is 1.12. The van der Waals surface area contributed by atoms with Crippen LogP contribution in [-0.2, 0) is 12.6 Å². The van der Waals surface area contributed by atoms with Crippen LogP contribution in [0.1, 0.15) is 5.69 Å². The first kappa shape index (κ1) is 12.4. The van der Waals surface area contributed by atoms with Gasteiger partial charge in [-0.2, -0.15) is 13.2 Å². The van der Waals surface area contributed by atoms with Crippen LogP contribution in [0.5, 0.6) is 0 Å². The summed E-state index contributed by atoms with van der Waals surface area (Å²) >= 11 is 2.78. The highest BCUT2D eigenvalue weighted by Crippen LogP contribution is 2.39. The molecule has 9 heteroatoms. The maximum Gasteiger partial charge on any atom is 0.424 e. The van der Waals surface area contributed by atoms with E-state index < -0.39 is 24.0 Å². The Morgan fingerprint density at radius 1 is 1.53 bits per heavy atom. The van der Waals surface area contributed by atoms with E-state index in [2.05, 4.69) is 26.2 Å². The van der Waals surface area contributed by atoms with Crippen LogP contribution in [-0.4, -0.2) is 32.8 Å². The predicted octanol–water partition coefficient (Wildman–Crippen LogP) is 0.286. The van der Waals surface area contributed by atoms with Crippen molar-refractivity contribution in [2.24, 2.45) is 12.8 Å². The quantitative estimate of drug-likeness (QED) is 0.820. The first-order valence-corrected chi connectivity index (χ1v) is 4.58. The van der Waals surface area contributed by atoms with Gasteiger partial charge >= 0.3 is 6.18 Å². The van der Waals surface area contributed by atoms with E-state index in [0.29, 0.717) is 0 Å². The normalized spacial score (nSPS) is 16.5. The van der Waals surface area contributed by atoms with Crippen molar-refractivity contribution in [2.45, 2.75) is 11.8 Å². The molecule has 5 nitrogen and oxygen atoms in total. The third-order valence-electron chi connectivity index (χ3n) is 1.94. The minimum atomic E-state index is -4.89. The number of aliphatic hydroxyl groups is 1. The third-order valence-corrected chi connectivity index (χ3v) is 2.48. The Morgan fingerprint density at radius 3 is 2.33 bits per heavy atom. The fraction of sp³-hybridized carbons (Fsp3) is 0.667. The number of aryl methyl sites for hydroxylation is 1. The summed E-state index contributed by atoms with van der Waals surface area (Å²) in [5.41, 5.74) is 1.30. The van der Waals surface area contributed by atoms with Crippen LogP contribution in [0.4, 0.5) is 13.2 Å².